The van der Waals surface area contributed by atoms with Crippen molar-refractivity contribution in [3.05, 3.63) is 63.7 Å². The van der Waals surface area contributed by atoms with Crippen molar-refractivity contribution in [2.24, 2.45) is 0 Å². The normalized spacial score (nSPS) is 10.2. The van der Waals surface area contributed by atoms with Crippen LogP contribution in [0.4, 0.5) is 25.8 Å². The molecule has 0 radical (unpaired) electrons. The third-order valence-corrected chi connectivity index (χ3v) is 2.65. The standard InChI is InChI=1S/C13H9F2N3O3/c14-7-1-3-9(12(5-7)18(20)21)13(19)17-8-2-4-10(15)11(16)6-8/h1-6H,16H2,(H,17,19). The molecule has 6 nitrogen and oxygen atoms in total. The molecule has 3 N–H and O–H groups in total. The third kappa shape index (κ3) is 3.11. The Balaban J connectivity index is 2.32. The highest BCUT2D eigenvalue weighted by molar-refractivity contribution is 6.07. The zero-order chi connectivity index (χ0) is 15.6. The second kappa shape index (κ2) is 5.53. The highest BCUT2D eigenvalue weighted by Crippen LogP contribution is 2.22. The molecule has 0 unspecified atom stereocenters. The van der Waals surface area contributed by atoms with Gasteiger partial charge in [0.1, 0.15) is 17.2 Å². The molecule has 2 aromatic rings. The van der Waals surface area contributed by atoms with Crippen molar-refractivity contribution in [3.8, 4) is 0 Å². The van der Waals surface area contributed by atoms with Crippen LogP contribution in [0.5, 0.6) is 0 Å². The molecule has 0 heterocycles. The maximum Gasteiger partial charge on any atom is 0.285 e. The summed E-state index contributed by atoms with van der Waals surface area (Å²) in [4.78, 5) is 21.9. The van der Waals surface area contributed by atoms with E-state index in [4.69, 9.17) is 5.73 Å². The number of carbonyl (C=O) groups excluding carboxylic acids is 1. The lowest BCUT2D eigenvalue weighted by Gasteiger charge is -2.07. The molecule has 21 heavy (non-hydrogen) atoms. The van der Waals surface area contributed by atoms with Crippen LogP contribution in [0.25, 0.3) is 0 Å². The lowest BCUT2D eigenvalue weighted by atomic mass is 10.1. The van der Waals surface area contributed by atoms with Crippen LogP contribution in [0, 0.1) is 21.7 Å². The number of nitrogen functional groups attached to an aromatic ring is 1. The maximum atomic E-state index is 13.0. The molecule has 0 aliphatic rings. The van der Waals surface area contributed by atoms with E-state index in [0.29, 0.717) is 6.07 Å². The first kappa shape index (κ1) is 14.4. The van der Waals surface area contributed by atoms with Crippen molar-refractivity contribution in [3.63, 3.8) is 0 Å². The van der Waals surface area contributed by atoms with E-state index in [9.17, 15) is 23.7 Å². The molecule has 0 spiro atoms. The zero-order valence-corrected chi connectivity index (χ0v) is 10.5. The molecule has 0 saturated heterocycles. The first-order valence-electron chi connectivity index (χ1n) is 5.69. The summed E-state index contributed by atoms with van der Waals surface area (Å²) in [6.07, 6.45) is 0. The predicted octanol–water partition coefficient (Wildman–Crippen LogP) is 2.71. The maximum absolute atomic E-state index is 13.0. The molecule has 0 aliphatic carbocycles. The number of nitrogens with two attached hydrogens (primary N) is 1. The van der Waals surface area contributed by atoms with Gasteiger partial charge in [0.05, 0.1) is 16.7 Å². The number of hydrogen-bond acceptors (Lipinski definition) is 4. The van der Waals surface area contributed by atoms with Crippen molar-refractivity contribution >= 4 is 23.0 Å². The molecule has 2 aromatic carbocycles. The van der Waals surface area contributed by atoms with Crippen LogP contribution in [-0.2, 0) is 0 Å². The summed E-state index contributed by atoms with van der Waals surface area (Å²) in [5.41, 5.74) is 4.35. The lowest BCUT2D eigenvalue weighted by molar-refractivity contribution is -0.385. The molecular formula is C13H9F2N3O3. The Hall–Kier alpha value is -3.03. The number of amides is 1. The Bertz CT molecular complexity index is 735. The van der Waals surface area contributed by atoms with Gasteiger partial charge in [-0.2, -0.15) is 0 Å². The highest BCUT2D eigenvalue weighted by atomic mass is 19.1. The van der Waals surface area contributed by atoms with Gasteiger partial charge in [-0.05, 0) is 30.3 Å². The van der Waals surface area contributed by atoms with E-state index in [0.717, 1.165) is 18.2 Å². The van der Waals surface area contributed by atoms with Crippen molar-refractivity contribution in [1.29, 1.82) is 0 Å². The Morgan fingerprint density at radius 2 is 1.90 bits per heavy atom. The number of nitrogens with one attached hydrogen (secondary N) is 1. The number of nitrogens with zero attached hydrogens (tertiary/aromatic N) is 1. The molecule has 108 valence electrons. The first-order valence-corrected chi connectivity index (χ1v) is 5.69. The summed E-state index contributed by atoms with van der Waals surface area (Å²) in [6.45, 7) is 0. The molecule has 0 atom stereocenters. The Morgan fingerprint density at radius 3 is 2.52 bits per heavy atom. The molecule has 0 saturated carbocycles. The summed E-state index contributed by atoms with van der Waals surface area (Å²) in [7, 11) is 0. The Labute approximate surface area is 117 Å². The minimum atomic E-state index is -0.864. The van der Waals surface area contributed by atoms with Crippen LogP contribution in [0.1, 0.15) is 10.4 Å². The number of carbonyl (C=O) groups is 1. The van der Waals surface area contributed by atoms with Gasteiger partial charge in [-0.3, -0.25) is 14.9 Å². The van der Waals surface area contributed by atoms with Gasteiger partial charge >= 0.3 is 0 Å². The van der Waals surface area contributed by atoms with Crippen molar-refractivity contribution < 1.29 is 18.5 Å². The van der Waals surface area contributed by atoms with E-state index >= 15 is 0 Å². The smallest absolute Gasteiger partial charge is 0.285 e. The summed E-state index contributed by atoms with van der Waals surface area (Å²) in [5.74, 6) is -2.31. The fourth-order valence-electron chi connectivity index (χ4n) is 1.67. The Morgan fingerprint density at radius 1 is 1.19 bits per heavy atom. The molecule has 0 aliphatic heterocycles. The van der Waals surface area contributed by atoms with Gasteiger partial charge < -0.3 is 11.1 Å². The molecule has 2 rings (SSSR count). The number of benzene rings is 2. The van der Waals surface area contributed by atoms with Crippen molar-refractivity contribution in [1.82, 2.24) is 0 Å². The van der Waals surface area contributed by atoms with E-state index in [-0.39, 0.29) is 16.9 Å². The Kier molecular flexibility index (Phi) is 3.79. The topological polar surface area (TPSA) is 98.3 Å². The quantitative estimate of drug-likeness (QED) is 0.516. The minimum absolute atomic E-state index is 0.164. The molecule has 0 fully saturated rings. The molecule has 1 amide bonds. The van der Waals surface area contributed by atoms with E-state index in [2.05, 4.69) is 5.32 Å². The van der Waals surface area contributed by atoms with Gasteiger partial charge in [0, 0.05) is 5.69 Å². The minimum Gasteiger partial charge on any atom is -0.396 e. The van der Waals surface area contributed by atoms with E-state index < -0.39 is 28.2 Å². The number of nitro groups is 1. The van der Waals surface area contributed by atoms with Crippen molar-refractivity contribution in [2.45, 2.75) is 0 Å². The summed E-state index contributed by atoms with van der Waals surface area (Å²) < 4.78 is 26.0. The zero-order valence-electron chi connectivity index (χ0n) is 10.5. The van der Waals surface area contributed by atoms with Crippen LogP contribution in [0.2, 0.25) is 0 Å². The summed E-state index contributed by atoms with van der Waals surface area (Å²) in [6, 6.07) is 6.04. The molecule has 0 aromatic heterocycles. The number of halogens is 2. The second-order valence-electron chi connectivity index (χ2n) is 4.11. The van der Waals surface area contributed by atoms with Crippen LogP contribution in [-0.4, -0.2) is 10.8 Å². The van der Waals surface area contributed by atoms with Crippen LogP contribution < -0.4 is 11.1 Å². The SMILES string of the molecule is Nc1cc(NC(=O)c2ccc(F)cc2[N+](=O)[O-])ccc1F. The number of hydrogen-bond donors (Lipinski definition) is 2. The van der Waals surface area contributed by atoms with Crippen LogP contribution >= 0.6 is 0 Å². The molecular weight excluding hydrogens is 284 g/mol. The van der Waals surface area contributed by atoms with Crippen LogP contribution in [0.3, 0.4) is 0 Å². The fraction of sp³-hybridized carbons (Fsp3) is 0. The van der Waals surface area contributed by atoms with Gasteiger partial charge in [-0.25, -0.2) is 8.78 Å². The average Bonchev–Trinajstić information content (AvgIpc) is 2.42. The van der Waals surface area contributed by atoms with Gasteiger partial charge in [0.15, 0.2) is 0 Å². The largest absolute Gasteiger partial charge is 0.396 e. The van der Waals surface area contributed by atoms with E-state index in [1.807, 2.05) is 0 Å². The lowest BCUT2D eigenvalue weighted by Crippen LogP contribution is -2.14. The van der Waals surface area contributed by atoms with Gasteiger partial charge in [0.2, 0.25) is 0 Å². The van der Waals surface area contributed by atoms with Crippen molar-refractivity contribution in [2.75, 3.05) is 11.1 Å². The summed E-state index contributed by atoms with van der Waals surface area (Å²) >= 11 is 0. The number of rotatable bonds is 3. The average molecular weight is 293 g/mol. The third-order valence-electron chi connectivity index (χ3n) is 2.65. The van der Waals surface area contributed by atoms with Gasteiger partial charge in [0.25, 0.3) is 11.6 Å². The second-order valence-corrected chi connectivity index (χ2v) is 4.11. The van der Waals surface area contributed by atoms with Gasteiger partial charge in [-0.1, -0.05) is 0 Å². The molecule has 0 bridgehead atoms. The molecule has 8 heteroatoms. The fourth-order valence-corrected chi connectivity index (χ4v) is 1.67. The summed E-state index contributed by atoms with van der Waals surface area (Å²) in [5, 5.41) is 13.1. The van der Waals surface area contributed by atoms with E-state index in [1.165, 1.54) is 12.1 Å². The van der Waals surface area contributed by atoms with Crippen LogP contribution in [0.15, 0.2) is 36.4 Å². The predicted molar refractivity (Wildman–Crippen MR) is 71.8 cm³/mol. The monoisotopic (exact) mass is 293 g/mol. The first-order chi connectivity index (χ1) is 9.88. The van der Waals surface area contributed by atoms with Gasteiger partial charge in [-0.15, -0.1) is 0 Å². The number of anilines is 2. The number of nitro benzene ring substituents is 1. The van der Waals surface area contributed by atoms with E-state index in [1.54, 1.807) is 0 Å². The highest BCUT2D eigenvalue weighted by Gasteiger charge is 2.21.